The molecule has 3 rings (SSSR count). The van der Waals surface area contributed by atoms with Gasteiger partial charge in [-0.05, 0) is 66.6 Å². The van der Waals surface area contributed by atoms with Crippen molar-refractivity contribution in [3.05, 3.63) is 93.5 Å². The molecule has 0 atom stereocenters. The monoisotopic (exact) mass is 469 g/mol. The summed E-state index contributed by atoms with van der Waals surface area (Å²) >= 11 is 11.8. The van der Waals surface area contributed by atoms with E-state index in [0.29, 0.717) is 32.4 Å². The molecule has 0 fully saturated rings. The van der Waals surface area contributed by atoms with E-state index in [1.165, 1.54) is 6.21 Å². The summed E-state index contributed by atoms with van der Waals surface area (Å²) in [4.78, 5) is 36.2. The van der Waals surface area contributed by atoms with Gasteiger partial charge in [0.15, 0.2) is 0 Å². The summed E-state index contributed by atoms with van der Waals surface area (Å²) in [6, 6.07) is 17.8. The average Bonchev–Trinajstić information content (AvgIpc) is 2.77. The van der Waals surface area contributed by atoms with Crippen LogP contribution in [0.3, 0.4) is 0 Å². The largest absolute Gasteiger partial charge is 0.423 e. The Morgan fingerprint density at radius 1 is 0.938 bits per heavy atom. The summed E-state index contributed by atoms with van der Waals surface area (Å²) in [7, 11) is 0. The summed E-state index contributed by atoms with van der Waals surface area (Å²) in [5, 5.41) is 7.22. The normalized spacial score (nSPS) is 10.6. The molecular weight excluding hydrogens is 453 g/mol. The minimum Gasteiger partial charge on any atom is -0.423 e. The SMILES string of the molecule is Cc1c(Cl)cccc1NC(=O)C(=O)N/N=C\c1cccc(OC(=O)c2ccc(Cl)cc2)c1. The standard InChI is InChI=1S/C23H17Cl2N3O4/c1-14-19(25)6-3-7-20(14)27-21(29)22(30)28-26-13-15-4-2-5-18(12-15)32-23(31)16-8-10-17(24)11-9-16/h2-13H,1H3,(H,27,29)(H,28,30)/b26-13-. The van der Waals surface area contributed by atoms with Gasteiger partial charge in [-0.2, -0.15) is 5.10 Å². The molecule has 0 radical (unpaired) electrons. The molecule has 0 heterocycles. The Balaban J connectivity index is 1.57. The number of benzene rings is 3. The van der Waals surface area contributed by atoms with Crippen LogP contribution in [0.5, 0.6) is 5.75 Å². The predicted molar refractivity (Wildman–Crippen MR) is 123 cm³/mol. The summed E-state index contributed by atoms with van der Waals surface area (Å²) < 4.78 is 5.33. The first-order valence-corrected chi connectivity index (χ1v) is 10.1. The fourth-order valence-corrected chi connectivity index (χ4v) is 2.85. The lowest BCUT2D eigenvalue weighted by Crippen LogP contribution is -2.32. The second-order valence-corrected chi connectivity index (χ2v) is 7.38. The molecule has 3 aromatic rings. The Kier molecular flexibility index (Phi) is 7.59. The number of nitrogens with one attached hydrogen (secondary N) is 2. The molecule has 0 aliphatic rings. The van der Waals surface area contributed by atoms with Crippen LogP contribution in [0, 0.1) is 6.92 Å². The molecule has 3 aromatic carbocycles. The smallest absolute Gasteiger partial charge is 0.343 e. The van der Waals surface area contributed by atoms with E-state index in [-0.39, 0.29) is 5.75 Å². The number of nitrogens with zero attached hydrogens (tertiary/aromatic N) is 1. The number of hydrogen-bond acceptors (Lipinski definition) is 5. The molecule has 162 valence electrons. The number of amides is 2. The third kappa shape index (κ3) is 6.16. The van der Waals surface area contributed by atoms with Crippen LogP contribution in [0.1, 0.15) is 21.5 Å². The number of rotatable bonds is 5. The number of carbonyl (C=O) groups is 3. The van der Waals surface area contributed by atoms with Gasteiger partial charge in [0.25, 0.3) is 0 Å². The van der Waals surface area contributed by atoms with Gasteiger partial charge in [-0.3, -0.25) is 9.59 Å². The Morgan fingerprint density at radius 3 is 2.41 bits per heavy atom. The highest BCUT2D eigenvalue weighted by molar-refractivity contribution is 6.40. The minimum absolute atomic E-state index is 0.286. The van der Waals surface area contributed by atoms with E-state index < -0.39 is 17.8 Å². The highest BCUT2D eigenvalue weighted by Gasteiger charge is 2.14. The molecule has 0 saturated heterocycles. The zero-order valence-corrected chi connectivity index (χ0v) is 18.3. The van der Waals surface area contributed by atoms with Crippen molar-refractivity contribution in [2.24, 2.45) is 5.10 Å². The second-order valence-electron chi connectivity index (χ2n) is 6.53. The van der Waals surface area contributed by atoms with E-state index in [4.69, 9.17) is 27.9 Å². The third-order valence-electron chi connectivity index (χ3n) is 4.25. The molecule has 2 N–H and O–H groups in total. The summed E-state index contributed by atoms with van der Waals surface area (Å²) in [5.74, 6) is -2.10. The first-order chi connectivity index (χ1) is 15.3. The van der Waals surface area contributed by atoms with Crippen LogP contribution in [0.2, 0.25) is 10.0 Å². The predicted octanol–water partition coefficient (Wildman–Crippen LogP) is 4.61. The lowest BCUT2D eigenvalue weighted by Gasteiger charge is -2.08. The number of hydrogen-bond donors (Lipinski definition) is 2. The van der Waals surface area contributed by atoms with Crippen LogP contribution in [0.15, 0.2) is 71.8 Å². The lowest BCUT2D eigenvalue weighted by molar-refractivity contribution is -0.136. The summed E-state index contributed by atoms with van der Waals surface area (Å²) in [5.41, 5.74) is 4.10. The molecule has 0 saturated carbocycles. The van der Waals surface area contributed by atoms with Crippen molar-refractivity contribution in [1.82, 2.24) is 5.43 Å². The average molecular weight is 470 g/mol. The van der Waals surface area contributed by atoms with Crippen molar-refractivity contribution >= 4 is 52.9 Å². The highest BCUT2D eigenvalue weighted by Crippen LogP contribution is 2.22. The highest BCUT2D eigenvalue weighted by atomic mass is 35.5. The van der Waals surface area contributed by atoms with E-state index in [1.807, 2.05) is 0 Å². The van der Waals surface area contributed by atoms with Gasteiger partial charge < -0.3 is 10.1 Å². The number of esters is 1. The number of hydrazone groups is 1. The van der Waals surface area contributed by atoms with Gasteiger partial charge in [0.05, 0.1) is 11.8 Å². The molecule has 0 spiro atoms. The topological polar surface area (TPSA) is 96.9 Å². The van der Waals surface area contributed by atoms with Crippen molar-refractivity contribution in [2.45, 2.75) is 6.92 Å². The third-order valence-corrected chi connectivity index (χ3v) is 4.91. The van der Waals surface area contributed by atoms with E-state index in [1.54, 1.807) is 73.7 Å². The van der Waals surface area contributed by atoms with Crippen molar-refractivity contribution in [3.8, 4) is 5.75 Å². The molecule has 0 unspecified atom stereocenters. The zero-order valence-electron chi connectivity index (χ0n) is 16.8. The zero-order chi connectivity index (χ0) is 23.1. The quantitative estimate of drug-likeness (QED) is 0.187. The fourth-order valence-electron chi connectivity index (χ4n) is 2.55. The van der Waals surface area contributed by atoms with Crippen molar-refractivity contribution in [1.29, 1.82) is 0 Å². The molecule has 0 aliphatic heterocycles. The van der Waals surface area contributed by atoms with Gasteiger partial charge in [-0.25, -0.2) is 10.2 Å². The number of anilines is 1. The van der Waals surface area contributed by atoms with Gasteiger partial charge in [0, 0.05) is 15.7 Å². The van der Waals surface area contributed by atoms with Crippen molar-refractivity contribution in [3.63, 3.8) is 0 Å². The molecular formula is C23H17Cl2N3O4. The lowest BCUT2D eigenvalue weighted by atomic mass is 10.2. The number of carbonyl (C=O) groups excluding carboxylic acids is 3. The number of halogens is 2. The fraction of sp³-hybridized carbons (Fsp3) is 0.0435. The molecule has 7 nitrogen and oxygen atoms in total. The van der Waals surface area contributed by atoms with Crippen LogP contribution in [0.25, 0.3) is 0 Å². The van der Waals surface area contributed by atoms with Crippen molar-refractivity contribution < 1.29 is 19.1 Å². The molecule has 0 aromatic heterocycles. The van der Waals surface area contributed by atoms with Crippen LogP contribution in [-0.4, -0.2) is 24.0 Å². The first-order valence-electron chi connectivity index (χ1n) is 9.31. The Labute approximate surface area is 194 Å². The molecule has 0 bridgehead atoms. The first kappa shape index (κ1) is 23.0. The Bertz CT molecular complexity index is 1190. The molecule has 32 heavy (non-hydrogen) atoms. The maximum absolute atomic E-state index is 12.2. The van der Waals surface area contributed by atoms with E-state index in [9.17, 15) is 14.4 Å². The van der Waals surface area contributed by atoms with Gasteiger partial charge >= 0.3 is 17.8 Å². The molecule has 2 amide bonds. The van der Waals surface area contributed by atoms with Crippen LogP contribution >= 0.6 is 23.2 Å². The maximum atomic E-state index is 12.2. The molecule has 0 aliphatic carbocycles. The van der Waals surface area contributed by atoms with Crippen LogP contribution in [-0.2, 0) is 9.59 Å². The summed E-state index contributed by atoms with van der Waals surface area (Å²) in [6.07, 6.45) is 1.31. The summed E-state index contributed by atoms with van der Waals surface area (Å²) in [6.45, 7) is 1.72. The number of ether oxygens (including phenoxy) is 1. The van der Waals surface area contributed by atoms with E-state index >= 15 is 0 Å². The van der Waals surface area contributed by atoms with Gasteiger partial charge in [-0.1, -0.05) is 41.4 Å². The van der Waals surface area contributed by atoms with Crippen LogP contribution in [0.4, 0.5) is 5.69 Å². The minimum atomic E-state index is -0.953. The van der Waals surface area contributed by atoms with Gasteiger partial charge in [0.2, 0.25) is 0 Å². The maximum Gasteiger partial charge on any atom is 0.343 e. The van der Waals surface area contributed by atoms with Crippen LogP contribution < -0.4 is 15.5 Å². The molecule has 9 heteroatoms. The Hall–Kier alpha value is -3.68. The van der Waals surface area contributed by atoms with E-state index in [2.05, 4.69) is 15.8 Å². The van der Waals surface area contributed by atoms with Crippen molar-refractivity contribution in [2.75, 3.05) is 5.32 Å². The van der Waals surface area contributed by atoms with Gasteiger partial charge in [-0.15, -0.1) is 0 Å². The van der Waals surface area contributed by atoms with E-state index in [0.717, 1.165) is 0 Å². The van der Waals surface area contributed by atoms with Gasteiger partial charge in [0.1, 0.15) is 5.75 Å². The Morgan fingerprint density at radius 2 is 1.66 bits per heavy atom. The second kappa shape index (κ2) is 10.6.